The quantitative estimate of drug-likeness (QED) is 0.582. The Kier molecular flexibility index (Phi) is 2.20. The lowest BCUT2D eigenvalue weighted by atomic mass is 10.0. The Hall–Kier alpha value is -1.43. The fraction of sp³-hybridized carbons (Fsp3) is 0.625. The molecule has 0 radical (unpaired) electrons. The van der Waals surface area contributed by atoms with Crippen LogP contribution >= 0.6 is 0 Å². The highest BCUT2D eigenvalue weighted by atomic mass is 16.2. The van der Waals surface area contributed by atoms with E-state index in [1.165, 1.54) is 6.33 Å². The number of nitrogens with zero attached hydrogens (tertiary/aromatic N) is 2. The molecule has 1 atom stereocenters. The van der Waals surface area contributed by atoms with Crippen LogP contribution in [0.5, 0.6) is 0 Å². The molecule has 1 amide bonds. The highest BCUT2D eigenvalue weighted by molar-refractivity contribution is 5.90. The van der Waals surface area contributed by atoms with Crippen molar-refractivity contribution in [3.05, 3.63) is 12.2 Å². The van der Waals surface area contributed by atoms with Crippen LogP contribution in [0.4, 0.5) is 0 Å². The van der Waals surface area contributed by atoms with Gasteiger partial charge in [0.05, 0.1) is 5.54 Å². The molecule has 76 valence electrons. The number of nitrogens with one attached hydrogen (secondary N) is 3. The van der Waals surface area contributed by atoms with Crippen LogP contribution in [0, 0.1) is 0 Å². The third-order valence-electron chi connectivity index (χ3n) is 2.41. The van der Waals surface area contributed by atoms with Gasteiger partial charge in [-0.2, -0.15) is 5.10 Å². The maximum Gasteiger partial charge on any atom is 0.289 e. The smallest absolute Gasteiger partial charge is 0.289 e. The summed E-state index contributed by atoms with van der Waals surface area (Å²) in [5, 5.41) is 12.3. The minimum absolute atomic E-state index is 0.163. The van der Waals surface area contributed by atoms with Gasteiger partial charge in [0.25, 0.3) is 5.91 Å². The SMILES string of the molecule is CC1(NC(=O)c2ncn[nH]2)CCNC1. The molecule has 0 aromatic carbocycles. The zero-order valence-corrected chi connectivity index (χ0v) is 8.00. The van der Waals surface area contributed by atoms with E-state index >= 15 is 0 Å². The Morgan fingerprint density at radius 3 is 3.14 bits per heavy atom. The number of carbonyl (C=O) groups is 1. The summed E-state index contributed by atoms with van der Waals surface area (Å²) in [5.41, 5.74) is -0.163. The van der Waals surface area contributed by atoms with Crippen molar-refractivity contribution in [2.45, 2.75) is 18.9 Å². The molecule has 1 saturated heterocycles. The summed E-state index contributed by atoms with van der Waals surface area (Å²) in [5.74, 6) is 0.0619. The maximum absolute atomic E-state index is 11.6. The molecule has 1 aliphatic rings. The number of carbonyl (C=O) groups excluding carboxylic acids is 1. The van der Waals surface area contributed by atoms with Crippen molar-refractivity contribution < 1.29 is 4.79 Å². The molecule has 0 bridgehead atoms. The van der Waals surface area contributed by atoms with Crippen LogP contribution in [0.15, 0.2) is 6.33 Å². The Bertz CT molecular complexity index is 314. The zero-order chi connectivity index (χ0) is 10.0. The molecule has 6 heteroatoms. The number of aromatic nitrogens is 3. The average Bonchev–Trinajstić information content (AvgIpc) is 2.74. The van der Waals surface area contributed by atoms with Gasteiger partial charge < -0.3 is 10.6 Å². The van der Waals surface area contributed by atoms with Gasteiger partial charge in [0.2, 0.25) is 5.82 Å². The van der Waals surface area contributed by atoms with Gasteiger partial charge in [0.1, 0.15) is 6.33 Å². The van der Waals surface area contributed by atoms with Gasteiger partial charge in [0, 0.05) is 6.54 Å². The Morgan fingerprint density at radius 2 is 2.57 bits per heavy atom. The van der Waals surface area contributed by atoms with Gasteiger partial charge in [-0.05, 0) is 19.9 Å². The van der Waals surface area contributed by atoms with Crippen molar-refractivity contribution in [1.82, 2.24) is 25.8 Å². The summed E-state index contributed by atoms with van der Waals surface area (Å²) >= 11 is 0. The van der Waals surface area contributed by atoms with Crippen molar-refractivity contribution in [3.63, 3.8) is 0 Å². The highest BCUT2D eigenvalue weighted by Crippen LogP contribution is 2.13. The van der Waals surface area contributed by atoms with Crippen molar-refractivity contribution in [2.75, 3.05) is 13.1 Å². The fourth-order valence-electron chi connectivity index (χ4n) is 1.57. The minimum atomic E-state index is -0.200. The first-order valence-electron chi connectivity index (χ1n) is 4.58. The fourth-order valence-corrected chi connectivity index (χ4v) is 1.57. The van der Waals surface area contributed by atoms with E-state index < -0.39 is 0 Å². The largest absolute Gasteiger partial charge is 0.343 e. The third-order valence-corrected chi connectivity index (χ3v) is 2.41. The minimum Gasteiger partial charge on any atom is -0.343 e. The summed E-state index contributed by atoms with van der Waals surface area (Å²) in [7, 11) is 0. The third kappa shape index (κ3) is 1.74. The molecule has 1 fully saturated rings. The molecule has 1 aliphatic heterocycles. The van der Waals surface area contributed by atoms with Crippen molar-refractivity contribution in [2.24, 2.45) is 0 Å². The maximum atomic E-state index is 11.6. The van der Waals surface area contributed by atoms with Gasteiger partial charge in [-0.3, -0.25) is 9.89 Å². The lowest BCUT2D eigenvalue weighted by Gasteiger charge is -2.23. The molecule has 1 aromatic rings. The highest BCUT2D eigenvalue weighted by Gasteiger charge is 2.30. The molecule has 2 heterocycles. The van der Waals surface area contributed by atoms with Crippen molar-refractivity contribution in [1.29, 1.82) is 0 Å². The topological polar surface area (TPSA) is 82.7 Å². The van der Waals surface area contributed by atoms with Crippen LogP contribution in [0.25, 0.3) is 0 Å². The second kappa shape index (κ2) is 3.38. The van der Waals surface area contributed by atoms with Gasteiger partial charge in [0.15, 0.2) is 0 Å². The van der Waals surface area contributed by atoms with E-state index in [0.29, 0.717) is 0 Å². The number of hydrogen-bond donors (Lipinski definition) is 3. The van der Waals surface area contributed by atoms with E-state index in [1.807, 2.05) is 6.92 Å². The van der Waals surface area contributed by atoms with Crippen molar-refractivity contribution >= 4 is 5.91 Å². The Balaban J connectivity index is 2.01. The van der Waals surface area contributed by atoms with Gasteiger partial charge in [-0.1, -0.05) is 0 Å². The number of hydrogen-bond acceptors (Lipinski definition) is 4. The molecule has 2 rings (SSSR count). The van der Waals surface area contributed by atoms with E-state index in [0.717, 1.165) is 19.5 Å². The van der Waals surface area contributed by atoms with Crippen LogP contribution in [-0.2, 0) is 0 Å². The van der Waals surface area contributed by atoms with Crippen molar-refractivity contribution in [3.8, 4) is 0 Å². The first-order valence-corrected chi connectivity index (χ1v) is 4.58. The van der Waals surface area contributed by atoms with Crippen LogP contribution < -0.4 is 10.6 Å². The Labute approximate surface area is 81.5 Å². The lowest BCUT2D eigenvalue weighted by molar-refractivity contribution is 0.0903. The molecule has 0 spiro atoms. The predicted molar refractivity (Wildman–Crippen MR) is 49.7 cm³/mol. The van der Waals surface area contributed by atoms with E-state index in [1.54, 1.807) is 0 Å². The summed E-state index contributed by atoms with van der Waals surface area (Å²) in [6.07, 6.45) is 2.26. The number of amides is 1. The van der Waals surface area contributed by atoms with Gasteiger partial charge in [-0.15, -0.1) is 0 Å². The van der Waals surface area contributed by atoms with E-state index in [9.17, 15) is 4.79 Å². The Morgan fingerprint density at radius 1 is 1.71 bits per heavy atom. The molecule has 3 N–H and O–H groups in total. The molecule has 1 unspecified atom stereocenters. The van der Waals surface area contributed by atoms with Gasteiger partial charge >= 0.3 is 0 Å². The molecule has 0 aliphatic carbocycles. The molecular weight excluding hydrogens is 182 g/mol. The second-order valence-electron chi connectivity index (χ2n) is 3.78. The normalized spacial score (nSPS) is 26.4. The summed E-state index contributed by atoms with van der Waals surface area (Å²) in [6.45, 7) is 3.75. The molecule has 1 aromatic heterocycles. The number of aromatic amines is 1. The first-order chi connectivity index (χ1) is 6.70. The number of H-pyrrole nitrogens is 1. The van der Waals surface area contributed by atoms with Crippen LogP contribution in [-0.4, -0.2) is 39.7 Å². The predicted octanol–water partition coefficient (Wildman–Crippen LogP) is -0.713. The molecule has 14 heavy (non-hydrogen) atoms. The molecular formula is C8H13N5O. The van der Waals surface area contributed by atoms with E-state index in [-0.39, 0.29) is 17.3 Å². The monoisotopic (exact) mass is 195 g/mol. The molecule has 0 saturated carbocycles. The summed E-state index contributed by atoms with van der Waals surface area (Å²) in [6, 6.07) is 0. The van der Waals surface area contributed by atoms with Gasteiger partial charge in [-0.25, -0.2) is 4.98 Å². The first kappa shape index (κ1) is 9.14. The number of rotatable bonds is 2. The van der Waals surface area contributed by atoms with Crippen LogP contribution in [0.3, 0.4) is 0 Å². The zero-order valence-electron chi connectivity index (χ0n) is 8.00. The van der Waals surface area contributed by atoms with Crippen LogP contribution in [0.2, 0.25) is 0 Å². The molecule has 6 nitrogen and oxygen atoms in total. The van der Waals surface area contributed by atoms with E-state index in [2.05, 4.69) is 25.8 Å². The second-order valence-corrected chi connectivity index (χ2v) is 3.78. The van der Waals surface area contributed by atoms with E-state index in [4.69, 9.17) is 0 Å². The summed E-state index contributed by atoms with van der Waals surface area (Å²) < 4.78 is 0. The van der Waals surface area contributed by atoms with Crippen LogP contribution in [0.1, 0.15) is 24.0 Å². The lowest BCUT2D eigenvalue weighted by Crippen LogP contribution is -2.47. The standard InChI is InChI=1S/C8H13N5O/c1-8(2-3-9-4-8)12-7(14)6-10-5-11-13-6/h5,9H,2-4H2,1H3,(H,12,14)(H,10,11,13). The summed E-state index contributed by atoms with van der Waals surface area (Å²) in [4.78, 5) is 15.4. The average molecular weight is 195 g/mol.